The molecule has 0 heterocycles. The van der Waals surface area contributed by atoms with Crippen molar-refractivity contribution in [3.63, 3.8) is 0 Å². The molecule has 1 aromatic rings. The summed E-state index contributed by atoms with van der Waals surface area (Å²) in [5.41, 5.74) is 3.73. The molecule has 0 aromatic heterocycles. The first-order chi connectivity index (χ1) is 8.02. The number of carbonyl (C=O) groups excluding carboxylic acids is 1. The summed E-state index contributed by atoms with van der Waals surface area (Å²) < 4.78 is 6.24. The van der Waals surface area contributed by atoms with Gasteiger partial charge >= 0.3 is 0 Å². The topological polar surface area (TPSA) is 41.6 Å². The maximum Gasteiger partial charge on any atom is 0.234 e. The first-order valence-electron chi connectivity index (χ1n) is 5.32. The van der Waals surface area contributed by atoms with E-state index in [1.54, 1.807) is 26.2 Å². The molecule has 94 valence electrons. The molecule has 0 atom stereocenters. The molecular weight excluding hydrogens is 284 g/mol. The molecule has 0 radical (unpaired) electrons. The van der Waals surface area contributed by atoms with Crippen molar-refractivity contribution in [1.29, 1.82) is 0 Å². The third kappa shape index (κ3) is 4.75. The van der Waals surface area contributed by atoms with Crippen molar-refractivity contribution in [3.05, 3.63) is 28.2 Å². The SMILES string of the molecule is COc1ccc(Br)cc1CCC(=O)NN(C)C. The second kappa shape index (κ2) is 6.61. The number of benzene rings is 1. The van der Waals surface area contributed by atoms with Crippen LogP contribution in [0.4, 0.5) is 0 Å². The van der Waals surface area contributed by atoms with Gasteiger partial charge in [0.2, 0.25) is 5.91 Å². The van der Waals surface area contributed by atoms with Gasteiger partial charge in [0.05, 0.1) is 7.11 Å². The fourth-order valence-electron chi connectivity index (χ4n) is 1.50. The third-order valence-electron chi connectivity index (χ3n) is 2.21. The third-order valence-corrected chi connectivity index (χ3v) is 2.71. The number of hydrogen-bond acceptors (Lipinski definition) is 3. The van der Waals surface area contributed by atoms with Crippen molar-refractivity contribution >= 4 is 21.8 Å². The molecule has 0 bridgehead atoms. The number of hydrogen-bond donors (Lipinski definition) is 1. The Morgan fingerprint density at radius 3 is 2.76 bits per heavy atom. The van der Waals surface area contributed by atoms with Crippen molar-refractivity contribution in [1.82, 2.24) is 10.4 Å². The molecule has 1 N–H and O–H groups in total. The van der Waals surface area contributed by atoms with Crippen LogP contribution in [-0.4, -0.2) is 32.1 Å². The van der Waals surface area contributed by atoms with Gasteiger partial charge in [-0.25, -0.2) is 5.01 Å². The lowest BCUT2D eigenvalue weighted by Gasteiger charge is -2.12. The zero-order chi connectivity index (χ0) is 12.8. The molecule has 1 aromatic carbocycles. The van der Waals surface area contributed by atoms with Crippen molar-refractivity contribution in [2.24, 2.45) is 0 Å². The molecule has 0 saturated carbocycles. The van der Waals surface area contributed by atoms with E-state index in [0.717, 1.165) is 15.8 Å². The van der Waals surface area contributed by atoms with Crippen LogP contribution in [0.25, 0.3) is 0 Å². The van der Waals surface area contributed by atoms with Crippen molar-refractivity contribution < 1.29 is 9.53 Å². The minimum Gasteiger partial charge on any atom is -0.496 e. The summed E-state index contributed by atoms with van der Waals surface area (Å²) in [6.07, 6.45) is 1.09. The first-order valence-corrected chi connectivity index (χ1v) is 6.11. The van der Waals surface area contributed by atoms with Crippen LogP contribution in [-0.2, 0) is 11.2 Å². The molecule has 5 heteroatoms. The number of aryl methyl sites for hydroxylation is 1. The van der Waals surface area contributed by atoms with E-state index in [1.165, 1.54) is 0 Å². The van der Waals surface area contributed by atoms with Gasteiger partial charge in [0.15, 0.2) is 0 Å². The van der Waals surface area contributed by atoms with E-state index in [2.05, 4.69) is 21.4 Å². The number of carbonyl (C=O) groups is 1. The Balaban J connectivity index is 2.62. The van der Waals surface area contributed by atoms with E-state index in [4.69, 9.17) is 4.74 Å². The standard InChI is InChI=1S/C12H17BrN2O2/c1-15(2)14-12(16)7-4-9-8-10(13)5-6-11(9)17-3/h5-6,8H,4,7H2,1-3H3,(H,14,16). The van der Waals surface area contributed by atoms with Crippen LogP contribution in [0, 0.1) is 0 Å². The van der Waals surface area contributed by atoms with Gasteiger partial charge < -0.3 is 4.74 Å². The Morgan fingerprint density at radius 2 is 2.18 bits per heavy atom. The van der Waals surface area contributed by atoms with Gasteiger partial charge in [-0.3, -0.25) is 10.2 Å². The van der Waals surface area contributed by atoms with Gasteiger partial charge in [-0.2, -0.15) is 0 Å². The second-order valence-corrected chi connectivity index (χ2v) is 4.80. The monoisotopic (exact) mass is 300 g/mol. The van der Waals surface area contributed by atoms with Crippen molar-refractivity contribution in [3.8, 4) is 5.75 Å². The Bertz CT molecular complexity index is 394. The average Bonchev–Trinajstić information content (AvgIpc) is 2.25. The number of nitrogens with zero attached hydrogens (tertiary/aromatic N) is 1. The molecule has 0 aliphatic heterocycles. The summed E-state index contributed by atoms with van der Waals surface area (Å²) >= 11 is 3.41. The van der Waals surface area contributed by atoms with Crippen LogP contribution in [0.3, 0.4) is 0 Å². The zero-order valence-corrected chi connectivity index (χ0v) is 11.9. The molecule has 0 unspecified atom stereocenters. The highest BCUT2D eigenvalue weighted by Gasteiger charge is 2.07. The quantitative estimate of drug-likeness (QED) is 0.846. The molecule has 17 heavy (non-hydrogen) atoms. The van der Waals surface area contributed by atoms with E-state index in [9.17, 15) is 4.79 Å². The molecule has 4 nitrogen and oxygen atoms in total. The van der Waals surface area contributed by atoms with Crippen LogP contribution in [0.2, 0.25) is 0 Å². The number of hydrazine groups is 1. The maximum atomic E-state index is 11.5. The number of methoxy groups -OCH3 is 1. The van der Waals surface area contributed by atoms with Gasteiger partial charge in [-0.15, -0.1) is 0 Å². The maximum absolute atomic E-state index is 11.5. The fourth-order valence-corrected chi connectivity index (χ4v) is 1.90. The molecule has 0 saturated heterocycles. The minimum atomic E-state index is -0.00275. The van der Waals surface area contributed by atoms with Gasteiger partial charge in [-0.1, -0.05) is 15.9 Å². The molecule has 0 aliphatic rings. The number of ether oxygens (including phenoxy) is 1. The molecule has 0 aliphatic carbocycles. The highest BCUT2D eigenvalue weighted by Crippen LogP contribution is 2.24. The molecule has 0 spiro atoms. The first kappa shape index (κ1) is 14.0. The fraction of sp³-hybridized carbons (Fsp3) is 0.417. The van der Waals surface area contributed by atoms with Crippen LogP contribution in [0.1, 0.15) is 12.0 Å². The lowest BCUT2D eigenvalue weighted by molar-refractivity contribution is -0.124. The van der Waals surface area contributed by atoms with Gasteiger partial charge in [0.1, 0.15) is 5.75 Å². The lowest BCUT2D eigenvalue weighted by Crippen LogP contribution is -2.36. The summed E-state index contributed by atoms with van der Waals surface area (Å²) in [6.45, 7) is 0. The number of nitrogens with one attached hydrogen (secondary N) is 1. The Kier molecular flexibility index (Phi) is 5.44. The van der Waals surface area contributed by atoms with E-state index in [-0.39, 0.29) is 5.91 Å². The van der Waals surface area contributed by atoms with E-state index in [0.29, 0.717) is 12.8 Å². The minimum absolute atomic E-state index is 0.00275. The molecule has 1 rings (SSSR count). The highest BCUT2D eigenvalue weighted by molar-refractivity contribution is 9.10. The van der Waals surface area contributed by atoms with Crippen molar-refractivity contribution in [2.45, 2.75) is 12.8 Å². The highest BCUT2D eigenvalue weighted by atomic mass is 79.9. The number of halogens is 1. The average molecular weight is 301 g/mol. The summed E-state index contributed by atoms with van der Waals surface area (Å²) in [7, 11) is 5.21. The van der Waals surface area contributed by atoms with E-state index in [1.807, 2.05) is 18.2 Å². The zero-order valence-electron chi connectivity index (χ0n) is 10.3. The molecule has 0 fully saturated rings. The van der Waals surface area contributed by atoms with Crippen LogP contribution < -0.4 is 10.2 Å². The smallest absolute Gasteiger partial charge is 0.234 e. The molecular formula is C12H17BrN2O2. The summed E-state index contributed by atoms with van der Waals surface area (Å²) in [5.74, 6) is 0.808. The Labute approximate surface area is 110 Å². The summed E-state index contributed by atoms with van der Waals surface area (Å²) in [6, 6.07) is 5.78. The lowest BCUT2D eigenvalue weighted by atomic mass is 10.1. The van der Waals surface area contributed by atoms with Crippen LogP contribution in [0.15, 0.2) is 22.7 Å². The summed E-state index contributed by atoms with van der Waals surface area (Å²) in [5, 5.41) is 1.64. The Morgan fingerprint density at radius 1 is 1.47 bits per heavy atom. The number of amides is 1. The summed E-state index contributed by atoms with van der Waals surface area (Å²) in [4.78, 5) is 11.5. The van der Waals surface area contributed by atoms with E-state index >= 15 is 0 Å². The van der Waals surface area contributed by atoms with Gasteiger partial charge in [-0.05, 0) is 30.2 Å². The predicted molar refractivity (Wildman–Crippen MR) is 70.8 cm³/mol. The molecule has 1 amide bonds. The predicted octanol–water partition coefficient (Wildman–Crippen LogP) is 1.98. The van der Waals surface area contributed by atoms with Crippen LogP contribution >= 0.6 is 15.9 Å². The second-order valence-electron chi connectivity index (χ2n) is 3.89. The Hall–Kier alpha value is -1.07. The largest absolute Gasteiger partial charge is 0.496 e. The van der Waals surface area contributed by atoms with Crippen molar-refractivity contribution in [2.75, 3.05) is 21.2 Å². The van der Waals surface area contributed by atoms with Crippen LogP contribution in [0.5, 0.6) is 5.75 Å². The van der Waals surface area contributed by atoms with Gasteiger partial charge in [0, 0.05) is 25.0 Å². The van der Waals surface area contributed by atoms with Gasteiger partial charge in [0.25, 0.3) is 0 Å². The normalized spacial score (nSPS) is 10.4. The van der Waals surface area contributed by atoms with E-state index < -0.39 is 0 Å². The number of rotatable bonds is 5.